The first-order valence-electron chi connectivity index (χ1n) is 12.4. The third-order valence-electron chi connectivity index (χ3n) is 6.71. The van der Waals surface area contributed by atoms with Crippen molar-refractivity contribution in [1.82, 2.24) is 24.9 Å². The van der Waals surface area contributed by atoms with Gasteiger partial charge in [-0.05, 0) is 37.9 Å². The number of aromatic nitrogens is 2. The van der Waals surface area contributed by atoms with E-state index in [0.29, 0.717) is 30.3 Å². The van der Waals surface area contributed by atoms with Crippen LogP contribution in [0.25, 0.3) is 0 Å². The van der Waals surface area contributed by atoms with E-state index in [9.17, 15) is 14.4 Å². The molecule has 11 nitrogen and oxygen atoms in total. The van der Waals surface area contributed by atoms with Gasteiger partial charge in [0, 0.05) is 51.0 Å². The van der Waals surface area contributed by atoms with Crippen molar-refractivity contribution in [3.05, 3.63) is 28.2 Å². The first kappa shape index (κ1) is 24.4. The van der Waals surface area contributed by atoms with Crippen molar-refractivity contribution in [1.29, 1.82) is 0 Å². The molecule has 3 aliphatic heterocycles. The normalized spacial score (nSPS) is 19.9. The maximum Gasteiger partial charge on any atom is 0.286 e. The number of carbonyl (C=O) groups is 3. The minimum atomic E-state index is -0.459. The lowest BCUT2D eigenvalue weighted by Crippen LogP contribution is -2.53. The van der Waals surface area contributed by atoms with Crippen LogP contribution < -0.4 is 14.8 Å². The summed E-state index contributed by atoms with van der Waals surface area (Å²) in [6.07, 6.45) is 2.65. The highest BCUT2D eigenvalue weighted by Crippen LogP contribution is 2.34. The van der Waals surface area contributed by atoms with Crippen LogP contribution in [0.4, 0.5) is 5.69 Å². The zero-order chi connectivity index (χ0) is 25.1. The number of rotatable bonds is 6. The van der Waals surface area contributed by atoms with E-state index in [1.165, 1.54) is 0 Å². The fraction of sp³-hybridized carbons (Fsp3) is 0.542. The highest BCUT2D eigenvalue weighted by molar-refractivity contribution is 7.15. The number of anilines is 1. The van der Waals surface area contributed by atoms with Crippen LogP contribution in [0.1, 0.15) is 45.8 Å². The molecular formula is C24H30N6O5S. The molecule has 0 bridgehead atoms. The Bertz CT molecular complexity index is 1130. The molecule has 3 amide bonds. The summed E-state index contributed by atoms with van der Waals surface area (Å²) in [6.45, 7) is 7.57. The highest BCUT2D eigenvalue weighted by Gasteiger charge is 2.34. The number of hydrogen-bond acceptors (Lipinski definition) is 9. The van der Waals surface area contributed by atoms with Gasteiger partial charge in [0.1, 0.15) is 0 Å². The second-order valence-corrected chi connectivity index (χ2v) is 10.2. The molecule has 1 aromatic heterocycles. The van der Waals surface area contributed by atoms with Crippen LogP contribution >= 0.6 is 11.3 Å². The molecule has 2 saturated heterocycles. The van der Waals surface area contributed by atoms with Gasteiger partial charge in [0.05, 0.1) is 5.92 Å². The third kappa shape index (κ3) is 5.29. The SMILES string of the molecule is CCCN1CCN(C(=O)[C@H]2CCCN(C(=O)c3nnc(C(=O)Nc4ccc5c(c4)OCO5)s3)C2)CC1. The number of fused-ring (bicyclic) bond motifs is 1. The molecule has 192 valence electrons. The fourth-order valence-electron chi connectivity index (χ4n) is 4.82. The summed E-state index contributed by atoms with van der Waals surface area (Å²) in [4.78, 5) is 44.9. The zero-order valence-corrected chi connectivity index (χ0v) is 21.1. The summed E-state index contributed by atoms with van der Waals surface area (Å²) in [5, 5.41) is 10.9. The number of piperidine rings is 1. The Kier molecular flexibility index (Phi) is 7.33. The molecule has 1 atom stereocenters. The van der Waals surface area contributed by atoms with E-state index < -0.39 is 5.91 Å². The maximum atomic E-state index is 13.1. The van der Waals surface area contributed by atoms with Crippen LogP contribution in [0.5, 0.6) is 11.5 Å². The zero-order valence-electron chi connectivity index (χ0n) is 20.3. The van der Waals surface area contributed by atoms with Gasteiger partial charge in [0.25, 0.3) is 11.8 Å². The molecule has 36 heavy (non-hydrogen) atoms. The van der Waals surface area contributed by atoms with Crippen LogP contribution in [0.2, 0.25) is 0 Å². The summed E-state index contributed by atoms with van der Waals surface area (Å²) in [6, 6.07) is 5.08. The van der Waals surface area contributed by atoms with E-state index in [2.05, 4.69) is 27.3 Å². The largest absolute Gasteiger partial charge is 0.454 e. The molecule has 0 saturated carbocycles. The summed E-state index contributed by atoms with van der Waals surface area (Å²) >= 11 is 0.948. The van der Waals surface area contributed by atoms with E-state index in [-0.39, 0.29) is 34.5 Å². The van der Waals surface area contributed by atoms with E-state index >= 15 is 0 Å². The minimum absolute atomic E-state index is 0.0885. The predicted molar refractivity (Wildman–Crippen MR) is 132 cm³/mol. The predicted octanol–water partition coefficient (Wildman–Crippen LogP) is 1.93. The van der Waals surface area contributed by atoms with Crippen molar-refractivity contribution < 1.29 is 23.9 Å². The lowest BCUT2D eigenvalue weighted by atomic mass is 9.96. The molecule has 4 heterocycles. The van der Waals surface area contributed by atoms with Crippen molar-refractivity contribution in [2.75, 3.05) is 57.9 Å². The van der Waals surface area contributed by atoms with Crippen molar-refractivity contribution in [2.45, 2.75) is 26.2 Å². The number of likely N-dealkylation sites (tertiary alicyclic amines) is 1. The van der Waals surface area contributed by atoms with Gasteiger partial charge < -0.3 is 24.6 Å². The molecular weight excluding hydrogens is 484 g/mol. The number of hydrogen-bond donors (Lipinski definition) is 1. The van der Waals surface area contributed by atoms with Gasteiger partial charge in [0.2, 0.25) is 22.7 Å². The molecule has 0 unspecified atom stereocenters. The van der Waals surface area contributed by atoms with E-state index in [0.717, 1.165) is 63.3 Å². The Morgan fingerprint density at radius 2 is 1.81 bits per heavy atom. The first-order valence-corrected chi connectivity index (χ1v) is 13.2. The van der Waals surface area contributed by atoms with Crippen LogP contribution in [0, 0.1) is 5.92 Å². The number of amides is 3. The monoisotopic (exact) mass is 514 g/mol. The van der Waals surface area contributed by atoms with Crippen molar-refractivity contribution in [3.63, 3.8) is 0 Å². The van der Waals surface area contributed by atoms with Gasteiger partial charge in [-0.1, -0.05) is 18.3 Å². The van der Waals surface area contributed by atoms with Gasteiger partial charge >= 0.3 is 0 Å². The first-order chi connectivity index (χ1) is 17.5. The molecule has 2 aromatic rings. The summed E-state index contributed by atoms with van der Waals surface area (Å²) in [7, 11) is 0. The lowest BCUT2D eigenvalue weighted by Gasteiger charge is -2.38. The third-order valence-corrected chi connectivity index (χ3v) is 7.62. The summed E-state index contributed by atoms with van der Waals surface area (Å²) in [5.74, 6) is 0.345. The van der Waals surface area contributed by atoms with Gasteiger partial charge in [-0.3, -0.25) is 19.3 Å². The molecule has 2 fully saturated rings. The van der Waals surface area contributed by atoms with Crippen LogP contribution in [-0.2, 0) is 4.79 Å². The average Bonchev–Trinajstić information content (AvgIpc) is 3.58. The topological polar surface area (TPSA) is 117 Å². The van der Waals surface area contributed by atoms with Gasteiger partial charge in [-0.15, -0.1) is 10.2 Å². The van der Waals surface area contributed by atoms with Crippen LogP contribution in [-0.4, -0.2) is 95.2 Å². The van der Waals surface area contributed by atoms with Crippen molar-refractivity contribution in [2.24, 2.45) is 5.92 Å². The smallest absolute Gasteiger partial charge is 0.286 e. The number of nitrogens with one attached hydrogen (secondary N) is 1. The second-order valence-electron chi connectivity index (χ2n) is 9.19. The lowest BCUT2D eigenvalue weighted by molar-refractivity contribution is -0.138. The number of ether oxygens (including phenoxy) is 2. The van der Waals surface area contributed by atoms with Gasteiger partial charge in [-0.25, -0.2) is 0 Å². The molecule has 1 N–H and O–H groups in total. The fourth-order valence-corrected chi connectivity index (χ4v) is 5.53. The average molecular weight is 515 g/mol. The van der Waals surface area contributed by atoms with Gasteiger partial charge in [-0.2, -0.15) is 0 Å². The number of nitrogens with zero attached hydrogens (tertiary/aromatic N) is 5. The Labute approximate surface area is 213 Å². The molecule has 0 aliphatic carbocycles. The molecule has 12 heteroatoms. The quantitative estimate of drug-likeness (QED) is 0.622. The minimum Gasteiger partial charge on any atom is -0.454 e. The number of carbonyl (C=O) groups excluding carboxylic acids is 3. The Morgan fingerprint density at radius 3 is 2.61 bits per heavy atom. The van der Waals surface area contributed by atoms with E-state index in [4.69, 9.17) is 9.47 Å². The number of piperazine rings is 1. The maximum absolute atomic E-state index is 13.1. The summed E-state index contributed by atoms with van der Waals surface area (Å²) in [5.41, 5.74) is 0.528. The molecule has 3 aliphatic rings. The highest BCUT2D eigenvalue weighted by atomic mass is 32.1. The van der Waals surface area contributed by atoms with E-state index in [1.54, 1.807) is 23.1 Å². The molecule has 1 aromatic carbocycles. The number of benzene rings is 1. The Balaban J connectivity index is 1.17. The Morgan fingerprint density at radius 1 is 1.03 bits per heavy atom. The van der Waals surface area contributed by atoms with Crippen molar-refractivity contribution >= 4 is 34.7 Å². The van der Waals surface area contributed by atoms with E-state index in [1.807, 2.05) is 4.90 Å². The summed E-state index contributed by atoms with van der Waals surface area (Å²) < 4.78 is 10.6. The van der Waals surface area contributed by atoms with Gasteiger partial charge in [0.15, 0.2) is 11.5 Å². The second kappa shape index (κ2) is 10.8. The molecule has 5 rings (SSSR count). The molecule has 0 spiro atoms. The van der Waals surface area contributed by atoms with Crippen LogP contribution in [0.3, 0.4) is 0 Å². The van der Waals surface area contributed by atoms with Crippen LogP contribution in [0.15, 0.2) is 18.2 Å². The Hall–Kier alpha value is -3.25. The standard InChI is InChI=1S/C24H30N6O5S/c1-2-7-28-9-11-29(12-10-28)23(32)16-4-3-8-30(14-16)24(33)22-27-26-21(36-22)20(31)25-17-5-6-18-19(13-17)35-15-34-18/h5-6,13,16H,2-4,7-12,14-15H2,1H3,(H,25,31)/t16-/m0/s1. The molecule has 0 radical (unpaired) electrons. The van der Waals surface area contributed by atoms with Crippen molar-refractivity contribution in [3.8, 4) is 11.5 Å².